The summed E-state index contributed by atoms with van der Waals surface area (Å²) in [6, 6.07) is 9.83. The molecule has 1 fully saturated rings. The second-order valence-electron chi connectivity index (χ2n) is 4.74. The molecule has 1 aromatic rings. The third kappa shape index (κ3) is 2.46. The van der Waals surface area contributed by atoms with E-state index >= 15 is 0 Å². The van der Waals surface area contributed by atoms with E-state index in [4.69, 9.17) is 4.74 Å². The molecule has 1 heterocycles. The van der Waals surface area contributed by atoms with E-state index in [0.717, 1.165) is 11.1 Å². The summed E-state index contributed by atoms with van der Waals surface area (Å²) in [4.78, 5) is 11.6. The van der Waals surface area contributed by atoms with Gasteiger partial charge in [0.25, 0.3) is 0 Å². The summed E-state index contributed by atoms with van der Waals surface area (Å²) in [5.41, 5.74) is 1.19. The fourth-order valence-corrected chi connectivity index (χ4v) is 2.43. The summed E-state index contributed by atoms with van der Waals surface area (Å²) in [5, 5.41) is 9.54. The normalized spacial score (nSPS) is 19.5. The zero-order chi connectivity index (χ0) is 13.0. The van der Waals surface area contributed by atoms with Crippen LogP contribution >= 0.6 is 0 Å². The van der Waals surface area contributed by atoms with Gasteiger partial charge in [-0.3, -0.25) is 4.79 Å². The third-order valence-corrected chi connectivity index (χ3v) is 3.69. The van der Waals surface area contributed by atoms with Crippen molar-refractivity contribution in [2.45, 2.75) is 19.8 Å². The van der Waals surface area contributed by atoms with Crippen molar-refractivity contribution in [2.24, 2.45) is 5.41 Å². The van der Waals surface area contributed by atoms with Crippen LogP contribution in [0.4, 0.5) is 0 Å². The molecule has 0 aliphatic carbocycles. The van der Waals surface area contributed by atoms with Crippen molar-refractivity contribution in [3.63, 3.8) is 0 Å². The lowest BCUT2D eigenvalue weighted by molar-refractivity contribution is -0.151. The Balaban J connectivity index is 2.31. The fourth-order valence-electron chi connectivity index (χ4n) is 2.43. The minimum absolute atomic E-state index is 0.520. The molecule has 1 N–H and O–H groups in total. The van der Waals surface area contributed by atoms with Crippen molar-refractivity contribution in [3.05, 3.63) is 41.5 Å². The van der Waals surface area contributed by atoms with E-state index in [-0.39, 0.29) is 0 Å². The molecule has 2 rings (SSSR count). The van der Waals surface area contributed by atoms with Crippen LogP contribution in [-0.2, 0) is 9.53 Å². The van der Waals surface area contributed by atoms with Gasteiger partial charge in [-0.2, -0.15) is 0 Å². The Morgan fingerprint density at radius 1 is 1.28 bits per heavy atom. The zero-order valence-electron chi connectivity index (χ0n) is 10.6. The summed E-state index contributed by atoms with van der Waals surface area (Å²) in [6.07, 6.45) is 3.08. The largest absolute Gasteiger partial charge is 0.481 e. The minimum atomic E-state index is -0.756. The lowest BCUT2D eigenvalue weighted by Gasteiger charge is -2.34. The number of hydrogen-bond acceptors (Lipinski definition) is 2. The Hall–Kier alpha value is -1.61. The quantitative estimate of drug-likeness (QED) is 0.891. The first-order valence-electron chi connectivity index (χ1n) is 6.20. The van der Waals surface area contributed by atoms with Crippen LogP contribution in [0.1, 0.15) is 25.3 Å². The highest BCUT2D eigenvalue weighted by atomic mass is 16.5. The molecule has 0 aromatic heterocycles. The van der Waals surface area contributed by atoms with Crippen molar-refractivity contribution in [1.82, 2.24) is 0 Å². The zero-order valence-corrected chi connectivity index (χ0v) is 10.6. The molecule has 18 heavy (non-hydrogen) atoms. The van der Waals surface area contributed by atoms with Crippen LogP contribution in [0, 0.1) is 5.41 Å². The molecule has 1 saturated heterocycles. The van der Waals surface area contributed by atoms with Gasteiger partial charge in [-0.15, -0.1) is 0 Å². The Labute approximate surface area is 107 Å². The molecule has 3 nitrogen and oxygen atoms in total. The SMILES string of the molecule is C/C(=C\c1ccccc1)C1(C(=O)O)CCOCC1. The van der Waals surface area contributed by atoms with E-state index in [1.165, 1.54) is 0 Å². The van der Waals surface area contributed by atoms with Crippen LogP contribution in [0.15, 0.2) is 35.9 Å². The summed E-state index contributed by atoms with van der Waals surface area (Å²) < 4.78 is 5.28. The van der Waals surface area contributed by atoms with Crippen molar-refractivity contribution < 1.29 is 14.6 Å². The molecule has 0 saturated carbocycles. The van der Waals surface area contributed by atoms with Crippen molar-refractivity contribution in [1.29, 1.82) is 0 Å². The van der Waals surface area contributed by atoms with Gasteiger partial charge in [0, 0.05) is 13.2 Å². The fraction of sp³-hybridized carbons (Fsp3) is 0.400. The molecule has 1 aliphatic heterocycles. The molecule has 1 aromatic carbocycles. The number of ether oxygens (including phenoxy) is 1. The smallest absolute Gasteiger partial charge is 0.313 e. The predicted molar refractivity (Wildman–Crippen MR) is 70.2 cm³/mol. The van der Waals surface area contributed by atoms with Crippen LogP contribution in [0.25, 0.3) is 6.08 Å². The number of aliphatic carboxylic acids is 1. The third-order valence-electron chi connectivity index (χ3n) is 3.69. The van der Waals surface area contributed by atoms with Gasteiger partial charge in [-0.05, 0) is 25.3 Å². The first-order chi connectivity index (χ1) is 8.65. The number of benzene rings is 1. The standard InChI is InChI=1S/C15H18O3/c1-12(11-13-5-3-2-4-6-13)15(14(16)17)7-9-18-10-8-15/h2-6,11H,7-10H2,1H3,(H,16,17)/b12-11+. The van der Waals surface area contributed by atoms with Gasteiger partial charge in [0.15, 0.2) is 0 Å². The molecular weight excluding hydrogens is 228 g/mol. The molecule has 3 heteroatoms. The minimum Gasteiger partial charge on any atom is -0.481 e. The second-order valence-corrected chi connectivity index (χ2v) is 4.74. The van der Waals surface area contributed by atoms with Crippen LogP contribution in [0.3, 0.4) is 0 Å². The molecule has 0 atom stereocenters. The lowest BCUT2D eigenvalue weighted by Crippen LogP contribution is -2.38. The summed E-state index contributed by atoms with van der Waals surface area (Å²) >= 11 is 0. The highest BCUT2D eigenvalue weighted by molar-refractivity contribution is 5.80. The average Bonchev–Trinajstić information content (AvgIpc) is 2.40. The Kier molecular flexibility index (Phi) is 3.82. The molecule has 0 bridgehead atoms. The van der Waals surface area contributed by atoms with Gasteiger partial charge < -0.3 is 9.84 Å². The predicted octanol–water partition coefficient (Wildman–Crippen LogP) is 2.97. The van der Waals surface area contributed by atoms with E-state index in [0.29, 0.717) is 26.1 Å². The topological polar surface area (TPSA) is 46.5 Å². The first kappa shape index (κ1) is 12.8. The van der Waals surface area contributed by atoms with Crippen LogP contribution in [-0.4, -0.2) is 24.3 Å². The second kappa shape index (κ2) is 5.36. The van der Waals surface area contributed by atoms with Crippen molar-refractivity contribution >= 4 is 12.0 Å². The van der Waals surface area contributed by atoms with E-state index in [2.05, 4.69) is 0 Å². The van der Waals surface area contributed by atoms with Gasteiger partial charge in [-0.1, -0.05) is 42.0 Å². The molecular formula is C15H18O3. The maximum absolute atomic E-state index is 11.6. The number of carbonyl (C=O) groups is 1. The van der Waals surface area contributed by atoms with Gasteiger partial charge in [0.2, 0.25) is 0 Å². The molecule has 0 amide bonds. The number of rotatable bonds is 3. The highest BCUT2D eigenvalue weighted by Crippen LogP contribution is 2.39. The van der Waals surface area contributed by atoms with E-state index < -0.39 is 11.4 Å². The van der Waals surface area contributed by atoms with Gasteiger partial charge in [0.1, 0.15) is 0 Å². The van der Waals surface area contributed by atoms with Crippen LogP contribution in [0.5, 0.6) is 0 Å². The van der Waals surface area contributed by atoms with E-state index in [1.807, 2.05) is 43.3 Å². The Morgan fingerprint density at radius 3 is 2.44 bits per heavy atom. The average molecular weight is 246 g/mol. The van der Waals surface area contributed by atoms with Gasteiger partial charge in [0.05, 0.1) is 5.41 Å². The summed E-state index contributed by atoms with van der Waals surface area (Å²) in [6.45, 7) is 2.95. The Morgan fingerprint density at radius 2 is 1.89 bits per heavy atom. The van der Waals surface area contributed by atoms with Crippen molar-refractivity contribution in [2.75, 3.05) is 13.2 Å². The number of carboxylic acids is 1. The van der Waals surface area contributed by atoms with E-state index in [1.54, 1.807) is 0 Å². The van der Waals surface area contributed by atoms with Crippen LogP contribution in [0.2, 0.25) is 0 Å². The highest BCUT2D eigenvalue weighted by Gasteiger charge is 2.41. The first-order valence-corrected chi connectivity index (χ1v) is 6.20. The Bertz CT molecular complexity index is 442. The number of hydrogen-bond donors (Lipinski definition) is 1. The molecule has 0 radical (unpaired) electrons. The molecule has 0 spiro atoms. The van der Waals surface area contributed by atoms with Crippen molar-refractivity contribution in [3.8, 4) is 0 Å². The van der Waals surface area contributed by atoms with Gasteiger partial charge in [-0.25, -0.2) is 0 Å². The molecule has 96 valence electrons. The van der Waals surface area contributed by atoms with Crippen LogP contribution < -0.4 is 0 Å². The summed E-state index contributed by atoms with van der Waals surface area (Å²) in [5.74, 6) is -0.740. The maximum atomic E-state index is 11.6. The summed E-state index contributed by atoms with van der Waals surface area (Å²) in [7, 11) is 0. The molecule has 0 unspecified atom stereocenters. The lowest BCUT2D eigenvalue weighted by atomic mass is 9.74. The molecule has 1 aliphatic rings. The maximum Gasteiger partial charge on any atom is 0.313 e. The van der Waals surface area contributed by atoms with Gasteiger partial charge >= 0.3 is 5.97 Å². The number of carboxylic acid groups (broad SMARTS) is 1. The monoisotopic (exact) mass is 246 g/mol. The van der Waals surface area contributed by atoms with E-state index in [9.17, 15) is 9.90 Å².